The molecule has 0 saturated carbocycles. The Bertz CT molecular complexity index is 683. The van der Waals surface area contributed by atoms with Crippen LogP contribution in [-0.2, 0) is 11.3 Å². The smallest absolute Gasteiger partial charge is 0.225 e. The average Bonchev–Trinajstić information content (AvgIpc) is 3.34. The monoisotopic (exact) mass is 375 g/mol. The van der Waals surface area contributed by atoms with Crippen molar-refractivity contribution in [3.63, 3.8) is 0 Å². The number of nitrogens with zero attached hydrogens (tertiary/aromatic N) is 3. The number of hydrogen-bond donors (Lipinski definition) is 0. The molecule has 2 fully saturated rings. The second kappa shape index (κ2) is 7.98. The van der Waals surface area contributed by atoms with Crippen LogP contribution in [0.3, 0.4) is 0 Å². The van der Waals surface area contributed by atoms with E-state index >= 15 is 0 Å². The predicted molar refractivity (Wildman–Crippen MR) is 104 cm³/mol. The molecule has 4 heterocycles. The molecular weight excluding hydrogens is 350 g/mol. The fourth-order valence-electron chi connectivity index (χ4n) is 3.84. The molecule has 2 aromatic heterocycles. The van der Waals surface area contributed by atoms with Gasteiger partial charge < -0.3 is 4.90 Å². The summed E-state index contributed by atoms with van der Waals surface area (Å²) in [7, 11) is 0. The van der Waals surface area contributed by atoms with Gasteiger partial charge in [-0.05, 0) is 56.6 Å². The third-order valence-electron chi connectivity index (χ3n) is 5.31. The van der Waals surface area contributed by atoms with Crippen molar-refractivity contribution >= 4 is 28.6 Å². The van der Waals surface area contributed by atoms with Gasteiger partial charge in [0.15, 0.2) is 0 Å². The molecule has 2 aliphatic rings. The number of likely N-dealkylation sites (tertiary alicyclic amines) is 2. The molecule has 0 aromatic carbocycles. The molecule has 0 bridgehead atoms. The van der Waals surface area contributed by atoms with E-state index in [0.29, 0.717) is 5.91 Å². The lowest BCUT2D eigenvalue weighted by molar-refractivity contribution is -0.138. The molecular formula is C19H25N3OS2. The van der Waals surface area contributed by atoms with Gasteiger partial charge in [-0.2, -0.15) is 11.3 Å². The lowest BCUT2D eigenvalue weighted by Gasteiger charge is -2.35. The van der Waals surface area contributed by atoms with Crippen LogP contribution in [0.15, 0.2) is 22.2 Å². The lowest BCUT2D eigenvalue weighted by Crippen LogP contribution is -2.44. The third kappa shape index (κ3) is 4.13. The zero-order valence-corrected chi connectivity index (χ0v) is 16.2. The first-order valence-electron chi connectivity index (χ1n) is 9.28. The van der Waals surface area contributed by atoms with Gasteiger partial charge in [-0.1, -0.05) is 0 Å². The first kappa shape index (κ1) is 17.2. The number of rotatable bonds is 4. The Morgan fingerprint density at radius 3 is 2.64 bits per heavy atom. The van der Waals surface area contributed by atoms with Crippen LogP contribution >= 0.6 is 22.7 Å². The van der Waals surface area contributed by atoms with Crippen LogP contribution < -0.4 is 0 Å². The largest absolute Gasteiger partial charge is 0.342 e. The molecule has 2 aromatic rings. The van der Waals surface area contributed by atoms with Crippen molar-refractivity contribution in [3.05, 3.63) is 27.9 Å². The van der Waals surface area contributed by atoms with E-state index in [2.05, 4.69) is 32.0 Å². The lowest BCUT2D eigenvalue weighted by atomic mass is 9.94. The zero-order chi connectivity index (χ0) is 17.1. The highest BCUT2D eigenvalue weighted by Gasteiger charge is 2.29. The molecule has 1 amide bonds. The Labute approximate surface area is 157 Å². The van der Waals surface area contributed by atoms with E-state index in [1.54, 1.807) is 22.7 Å². The van der Waals surface area contributed by atoms with Gasteiger partial charge in [-0.15, -0.1) is 11.3 Å². The minimum atomic E-state index is 0.242. The molecule has 6 heteroatoms. The fourth-order valence-corrected chi connectivity index (χ4v) is 5.36. The van der Waals surface area contributed by atoms with Crippen molar-refractivity contribution in [1.29, 1.82) is 0 Å². The summed E-state index contributed by atoms with van der Waals surface area (Å²) in [6.45, 7) is 4.88. The van der Waals surface area contributed by atoms with E-state index in [9.17, 15) is 4.79 Å². The van der Waals surface area contributed by atoms with Gasteiger partial charge in [-0.25, -0.2) is 4.98 Å². The summed E-state index contributed by atoms with van der Waals surface area (Å²) in [5.74, 6) is 0.652. The first-order chi connectivity index (χ1) is 12.3. The second-order valence-electron chi connectivity index (χ2n) is 7.09. The quantitative estimate of drug-likeness (QED) is 0.807. The Kier molecular flexibility index (Phi) is 5.48. The second-order valence-corrected chi connectivity index (χ2v) is 8.73. The van der Waals surface area contributed by atoms with Crippen molar-refractivity contribution in [2.24, 2.45) is 5.92 Å². The zero-order valence-electron chi connectivity index (χ0n) is 14.5. The molecule has 0 atom stereocenters. The van der Waals surface area contributed by atoms with Crippen LogP contribution in [0, 0.1) is 5.92 Å². The van der Waals surface area contributed by atoms with Crippen molar-refractivity contribution in [2.45, 2.75) is 38.6 Å². The number of carbonyl (C=O) groups is 1. The highest BCUT2D eigenvalue weighted by Crippen LogP contribution is 2.27. The van der Waals surface area contributed by atoms with Gasteiger partial charge in [0, 0.05) is 41.9 Å². The van der Waals surface area contributed by atoms with Gasteiger partial charge in [0.25, 0.3) is 0 Å². The molecule has 0 unspecified atom stereocenters. The maximum absolute atomic E-state index is 12.7. The van der Waals surface area contributed by atoms with Crippen molar-refractivity contribution in [2.75, 3.05) is 26.2 Å². The normalized spacial score (nSPS) is 20.1. The Balaban J connectivity index is 1.28. The van der Waals surface area contributed by atoms with Crippen LogP contribution in [0.4, 0.5) is 0 Å². The average molecular weight is 376 g/mol. The minimum Gasteiger partial charge on any atom is -0.342 e. The van der Waals surface area contributed by atoms with Crippen molar-refractivity contribution in [3.8, 4) is 10.6 Å². The van der Waals surface area contributed by atoms with Crippen LogP contribution in [0.1, 0.15) is 37.8 Å². The maximum atomic E-state index is 12.7. The van der Waals surface area contributed by atoms with Crippen LogP contribution in [0.25, 0.3) is 10.6 Å². The molecule has 0 radical (unpaired) electrons. The van der Waals surface area contributed by atoms with E-state index in [0.717, 1.165) is 56.3 Å². The Morgan fingerprint density at radius 1 is 1.12 bits per heavy atom. The molecule has 0 N–H and O–H groups in total. The highest BCUT2D eigenvalue weighted by molar-refractivity contribution is 7.14. The number of hydrogen-bond acceptors (Lipinski definition) is 5. The fraction of sp³-hybridized carbons (Fsp3) is 0.579. The SMILES string of the molecule is O=C(C1CCN(Cc2csc(-c3ccsc3)n2)CC1)N1CCCCC1. The van der Waals surface area contributed by atoms with E-state index in [1.165, 1.54) is 24.8 Å². The van der Waals surface area contributed by atoms with Crippen LogP contribution in [0.5, 0.6) is 0 Å². The van der Waals surface area contributed by atoms with Crippen LogP contribution in [0.2, 0.25) is 0 Å². The molecule has 4 nitrogen and oxygen atoms in total. The van der Waals surface area contributed by atoms with E-state index in [4.69, 9.17) is 4.98 Å². The van der Waals surface area contributed by atoms with Crippen molar-refractivity contribution in [1.82, 2.24) is 14.8 Å². The predicted octanol–water partition coefficient (Wildman–Crippen LogP) is 4.10. The van der Waals surface area contributed by atoms with Crippen LogP contribution in [-0.4, -0.2) is 46.9 Å². The summed E-state index contributed by atoms with van der Waals surface area (Å²) >= 11 is 3.44. The van der Waals surface area contributed by atoms with Gasteiger partial charge in [-0.3, -0.25) is 9.69 Å². The van der Waals surface area contributed by atoms with Gasteiger partial charge in [0.05, 0.1) is 5.69 Å². The summed E-state index contributed by atoms with van der Waals surface area (Å²) in [5, 5.41) is 7.55. The number of piperidine rings is 2. The summed E-state index contributed by atoms with van der Waals surface area (Å²) in [4.78, 5) is 22.0. The minimum absolute atomic E-state index is 0.242. The summed E-state index contributed by atoms with van der Waals surface area (Å²) < 4.78 is 0. The number of amides is 1. The molecule has 25 heavy (non-hydrogen) atoms. The van der Waals surface area contributed by atoms with Gasteiger partial charge >= 0.3 is 0 Å². The van der Waals surface area contributed by atoms with E-state index in [1.807, 2.05) is 0 Å². The Morgan fingerprint density at radius 2 is 1.92 bits per heavy atom. The topological polar surface area (TPSA) is 36.4 Å². The molecule has 2 saturated heterocycles. The van der Waals surface area contributed by atoms with E-state index < -0.39 is 0 Å². The standard InChI is InChI=1S/C19H25N3OS2/c23-19(22-7-2-1-3-8-22)15-4-9-21(10-5-15)12-17-14-25-18(20-17)16-6-11-24-13-16/h6,11,13-15H,1-5,7-10,12H2. The van der Waals surface area contributed by atoms with Crippen molar-refractivity contribution < 1.29 is 4.79 Å². The number of carbonyl (C=O) groups excluding carboxylic acids is 1. The number of thiazole rings is 1. The molecule has 4 rings (SSSR count). The highest BCUT2D eigenvalue weighted by atomic mass is 32.1. The van der Waals surface area contributed by atoms with E-state index in [-0.39, 0.29) is 5.92 Å². The molecule has 2 aliphatic heterocycles. The summed E-state index contributed by atoms with van der Waals surface area (Å²) in [6.07, 6.45) is 5.64. The van der Waals surface area contributed by atoms with Gasteiger partial charge in [0.1, 0.15) is 5.01 Å². The van der Waals surface area contributed by atoms with Gasteiger partial charge in [0.2, 0.25) is 5.91 Å². The molecule has 0 aliphatic carbocycles. The summed E-state index contributed by atoms with van der Waals surface area (Å²) in [6, 6.07) is 2.13. The first-order valence-corrected chi connectivity index (χ1v) is 11.1. The number of thiophene rings is 1. The molecule has 134 valence electrons. The Hall–Kier alpha value is -1.24. The number of aromatic nitrogens is 1. The third-order valence-corrected chi connectivity index (χ3v) is 6.93. The molecule has 0 spiro atoms. The maximum Gasteiger partial charge on any atom is 0.225 e. The summed E-state index contributed by atoms with van der Waals surface area (Å²) in [5.41, 5.74) is 2.39.